The fourth-order valence-corrected chi connectivity index (χ4v) is 3.42. The van der Waals surface area contributed by atoms with Crippen LogP contribution in [-0.2, 0) is 4.79 Å². The van der Waals surface area contributed by atoms with E-state index in [1.54, 1.807) is 55.5 Å². The Morgan fingerprint density at radius 2 is 1.55 bits per heavy atom. The lowest BCUT2D eigenvalue weighted by molar-refractivity contribution is -0.539. The Morgan fingerprint density at radius 3 is 2.14 bits per heavy atom. The molecule has 2 heterocycles. The summed E-state index contributed by atoms with van der Waals surface area (Å²) in [4.78, 5) is 23.2. The van der Waals surface area contributed by atoms with E-state index in [0.29, 0.717) is 16.7 Å². The van der Waals surface area contributed by atoms with Crippen LogP contribution in [0.4, 0.5) is 0 Å². The monoisotopic (exact) mass is 394 g/mol. The van der Waals surface area contributed by atoms with Crippen molar-refractivity contribution in [1.82, 2.24) is 10.6 Å². The standard InChI is InChI=1S/C16H14O3.C7H13N3/c1-11(16(18)19)13-8-5-9-14(10-13)15(17)12-6-3-2-4-7-12;1-3-8-7-9-4-2-6-10(7)5-1/h2-11H,1H3,(H,18,19);1-6H2,(H,8,9)/p+1. The maximum absolute atomic E-state index is 12.2. The van der Waals surface area contributed by atoms with Crippen LogP contribution in [0.25, 0.3) is 0 Å². The Bertz CT molecular complexity index is 859. The van der Waals surface area contributed by atoms with Crippen molar-refractivity contribution >= 4 is 17.7 Å². The van der Waals surface area contributed by atoms with E-state index in [1.165, 1.54) is 31.9 Å². The molecule has 1 unspecified atom stereocenters. The van der Waals surface area contributed by atoms with Gasteiger partial charge in [-0.05, 0) is 18.6 Å². The van der Waals surface area contributed by atoms with Crippen molar-refractivity contribution < 1.29 is 19.3 Å². The lowest BCUT2D eigenvalue weighted by atomic mass is 9.96. The van der Waals surface area contributed by atoms with Gasteiger partial charge in [-0.15, -0.1) is 0 Å². The molecule has 0 bridgehead atoms. The van der Waals surface area contributed by atoms with E-state index in [2.05, 4.69) is 15.2 Å². The molecule has 0 saturated carbocycles. The third kappa shape index (κ3) is 5.44. The molecule has 2 aliphatic rings. The van der Waals surface area contributed by atoms with Crippen LogP contribution in [0.5, 0.6) is 0 Å². The van der Waals surface area contributed by atoms with Gasteiger partial charge in [0.15, 0.2) is 5.78 Å². The lowest BCUT2D eigenvalue weighted by Gasteiger charge is -2.22. The smallest absolute Gasteiger partial charge is 0.345 e. The van der Waals surface area contributed by atoms with Crippen molar-refractivity contribution in [3.8, 4) is 0 Å². The predicted molar refractivity (Wildman–Crippen MR) is 113 cm³/mol. The Labute approximate surface area is 171 Å². The maximum Gasteiger partial charge on any atom is 0.345 e. The van der Waals surface area contributed by atoms with Gasteiger partial charge < -0.3 is 5.11 Å². The van der Waals surface area contributed by atoms with E-state index in [-0.39, 0.29) is 5.78 Å². The van der Waals surface area contributed by atoms with Gasteiger partial charge in [-0.2, -0.15) is 0 Å². The molecule has 29 heavy (non-hydrogen) atoms. The van der Waals surface area contributed by atoms with Gasteiger partial charge in [0.05, 0.1) is 32.1 Å². The number of carbonyl (C=O) groups is 2. The van der Waals surface area contributed by atoms with Crippen LogP contribution in [0.1, 0.15) is 47.2 Å². The fourth-order valence-electron chi connectivity index (χ4n) is 3.42. The summed E-state index contributed by atoms with van der Waals surface area (Å²) in [5.74, 6) is -0.356. The molecule has 2 aromatic carbocycles. The number of benzene rings is 2. The number of carbonyl (C=O) groups excluding carboxylic acids is 1. The molecule has 2 aliphatic heterocycles. The van der Waals surface area contributed by atoms with Crippen LogP contribution in [-0.4, -0.2) is 53.6 Å². The van der Waals surface area contributed by atoms with Crippen LogP contribution in [0, 0.1) is 0 Å². The Kier molecular flexibility index (Phi) is 7.00. The van der Waals surface area contributed by atoms with Gasteiger partial charge in [0.25, 0.3) is 0 Å². The van der Waals surface area contributed by atoms with Gasteiger partial charge in [-0.25, -0.2) is 0 Å². The van der Waals surface area contributed by atoms with Gasteiger partial charge in [0, 0.05) is 24.0 Å². The van der Waals surface area contributed by atoms with Crippen molar-refractivity contribution in [1.29, 1.82) is 0 Å². The number of hydrogen-bond donors (Lipinski definition) is 3. The number of aliphatic carboxylic acids is 1. The van der Waals surface area contributed by atoms with Crippen molar-refractivity contribution in [3.05, 3.63) is 71.3 Å². The highest BCUT2D eigenvalue weighted by atomic mass is 16.4. The summed E-state index contributed by atoms with van der Waals surface area (Å²) >= 11 is 0. The molecular formula is C23H28N3O3+. The van der Waals surface area contributed by atoms with Gasteiger partial charge in [-0.3, -0.25) is 24.8 Å². The first kappa shape index (κ1) is 20.6. The van der Waals surface area contributed by atoms with Crippen LogP contribution < -0.4 is 10.6 Å². The fraction of sp³-hybridized carbons (Fsp3) is 0.348. The second-order valence-corrected chi connectivity index (χ2v) is 7.28. The Balaban J connectivity index is 0.000000200. The maximum atomic E-state index is 12.2. The Hall–Kier alpha value is -3.15. The molecule has 0 radical (unpaired) electrons. The Morgan fingerprint density at radius 1 is 0.931 bits per heavy atom. The van der Waals surface area contributed by atoms with Gasteiger partial charge >= 0.3 is 11.9 Å². The van der Waals surface area contributed by atoms with Gasteiger partial charge in [0.2, 0.25) is 0 Å². The van der Waals surface area contributed by atoms with Crippen molar-refractivity contribution in [2.24, 2.45) is 0 Å². The number of carboxylic acid groups (broad SMARTS) is 1. The minimum absolute atomic E-state index is 0.0972. The summed E-state index contributed by atoms with van der Waals surface area (Å²) < 4.78 is 2.40. The molecule has 6 heteroatoms. The molecule has 0 saturated heterocycles. The average Bonchev–Trinajstić information content (AvgIpc) is 2.79. The molecule has 0 amide bonds. The van der Waals surface area contributed by atoms with Crippen molar-refractivity contribution in [2.75, 3.05) is 26.2 Å². The van der Waals surface area contributed by atoms with Crippen LogP contribution >= 0.6 is 0 Å². The average molecular weight is 394 g/mol. The number of nitrogens with zero attached hydrogens (tertiary/aromatic N) is 1. The summed E-state index contributed by atoms with van der Waals surface area (Å²) in [6.07, 6.45) is 2.57. The van der Waals surface area contributed by atoms with E-state index in [1.807, 2.05) is 6.07 Å². The normalized spacial score (nSPS) is 16.3. The molecule has 1 atom stereocenters. The molecule has 0 aromatic heterocycles. The number of hydrogen-bond acceptors (Lipinski definition) is 4. The third-order valence-corrected chi connectivity index (χ3v) is 5.17. The highest BCUT2D eigenvalue weighted by Gasteiger charge is 2.20. The quantitative estimate of drug-likeness (QED) is 0.548. The molecule has 3 N–H and O–H groups in total. The number of guanidine groups is 1. The molecular weight excluding hydrogens is 366 g/mol. The largest absolute Gasteiger partial charge is 0.481 e. The molecule has 152 valence electrons. The predicted octanol–water partition coefficient (Wildman–Crippen LogP) is 2.45. The topological polar surface area (TPSA) is 81.4 Å². The van der Waals surface area contributed by atoms with E-state index in [9.17, 15) is 9.59 Å². The number of ketones is 1. The van der Waals surface area contributed by atoms with Gasteiger partial charge in [-0.1, -0.05) is 48.5 Å². The van der Waals surface area contributed by atoms with E-state index < -0.39 is 11.9 Å². The highest BCUT2D eigenvalue weighted by Crippen LogP contribution is 2.18. The molecule has 2 aromatic rings. The van der Waals surface area contributed by atoms with Crippen LogP contribution in [0.3, 0.4) is 0 Å². The summed E-state index contributed by atoms with van der Waals surface area (Å²) in [7, 11) is 0. The number of rotatable bonds is 4. The SMILES string of the molecule is C1CNC2=[N+](C1)CCCN2.CC(C(=O)O)c1cccc(C(=O)c2ccccc2)c1. The number of nitrogens with one attached hydrogen (secondary N) is 2. The highest BCUT2D eigenvalue weighted by molar-refractivity contribution is 6.09. The van der Waals surface area contributed by atoms with Crippen LogP contribution in [0.15, 0.2) is 54.6 Å². The zero-order valence-electron chi connectivity index (χ0n) is 16.7. The lowest BCUT2D eigenvalue weighted by Crippen LogP contribution is -2.52. The van der Waals surface area contributed by atoms with E-state index >= 15 is 0 Å². The zero-order chi connectivity index (χ0) is 20.6. The minimum Gasteiger partial charge on any atom is -0.481 e. The van der Waals surface area contributed by atoms with Crippen molar-refractivity contribution in [2.45, 2.75) is 25.7 Å². The van der Waals surface area contributed by atoms with Crippen molar-refractivity contribution in [3.63, 3.8) is 0 Å². The van der Waals surface area contributed by atoms with E-state index in [0.717, 1.165) is 13.1 Å². The summed E-state index contributed by atoms with van der Waals surface area (Å²) in [6.45, 7) is 6.34. The first-order chi connectivity index (χ1) is 14.1. The molecule has 4 rings (SSSR count). The van der Waals surface area contributed by atoms with Crippen LogP contribution in [0.2, 0.25) is 0 Å². The second-order valence-electron chi connectivity index (χ2n) is 7.28. The molecule has 6 nitrogen and oxygen atoms in total. The summed E-state index contributed by atoms with van der Waals surface area (Å²) in [5, 5.41) is 15.7. The molecule has 0 aliphatic carbocycles. The number of carboxylic acids is 1. The minimum atomic E-state index is -0.899. The molecule has 0 fully saturated rings. The third-order valence-electron chi connectivity index (χ3n) is 5.17. The molecule has 0 spiro atoms. The van der Waals surface area contributed by atoms with Gasteiger partial charge in [0.1, 0.15) is 0 Å². The first-order valence-electron chi connectivity index (χ1n) is 10.1. The summed E-state index contributed by atoms with van der Waals surface area (Å²) in [6, 6.07) is 15.7. The summed E-state index contributed by atoms with van der Waals surface area (Å²) in [5.41, 5.74) is 1.74. The second kappa shape index (κ2) is 9.87. The first-order valence-corrected chi connectivity index (χ1v) is 10.1. The zero-order valence-corrected chi connectivity index (χ0v) is 16.7. The van der Waals surface area contributed by atoms with E-state index in [4.69, 9.17) is 5.11 Å².